The van der Waals surface area contributed by atoms with Crippen LogP contribution in [-0.2, 0) is 23.7 Å². The topological polar surface area (TPSA) is 228 Å². The maximum atomic E-state index is 13.2. The summed E-state index contributed by atoms with van der Waals surface area (Å²) in [5, 5.41) is 86.6. The second-order valence-corrected chi connectivity index (χ2v) is 19.3. The highest BCUT2D eigenvalue weighted by atomic mass is 16.7. The summed E-state index contributed by atoms with van der Waals surface area (Å²) in [5.74, 6) is -0.261. The van der Waals surface area contributed by atoms with Crippen LogP contribution in [-0.4, -0.2) is 140 Å². The lowest BCUT2D eigenvalue weighted by Crippen LogP contribution is -2.65. The number of aliphatic hydroxyl groups is 8. The van der Waals surface area contributed by atoms with Gasteiger partial charge in [0.05, 0.1) is 32.0 Å². The molecule has 0 spiro atoms. The van der Waals surface area contributed by atoms with Gasteiger partial charge in [-0.05, 0) is 77.0 Å². The lowest BCUT2D eigenvalue weighted by molar-refractivity contribution is -0.359. The molecule has 0 aromatic rings. The van der Waals surface area contributed by atoms with Crippen LogP contribution in [0, 0.1) is 0 Å². The minimum atomic E-state index is -1.79. The Bertz CT molecular complexity index is 1590. The van der Waals surface area contributed by atoms with E-state index in [0.717, 1.165) is 89.9 Å². The van der Waals surface area contributed by atoms with E-state index in [9.17, 15) is 45.6 Å². The summed E-state index contributed by atoms with van der Waals surface area (Å²) < 4.78 is 22.6. The molecule has 12 atom stereocenters. The molecule has 2 aliphatic rings. The zero-order valence-electron chi connectivity index (χ0n) is 44.6. The zero-order chi connectivity index (χ0) is 53.2. The van der Waals surface area contributed by atoms with Crippen LogP contribution in [0.25, 0.3) is 0 Å². The van der Waals surface area contributed by atoms with Crippen molar-refractivity contribution in [3.63, 3.8) is 0 Å². The van der Waals surface area contributed by atoms with Gasteiger partial charge in [0.25, 0.3) is 0 Å². The lowest BCUT2D eigenvalue weighted by Gasteiger charge is -2.46. The third-order valence-corrected chi connectivity index (χ3v) is 13.0. The van der Waals surface area contributed by atoms with Crippen molar-refractivity contribution in [3.8, 4) is 0 Å². The predicted molar refractivity (Wildman–Crippen MR) is 290 cm³/mol. The van der Waals surface area contributed by atoms with Crippen molar-refractivity contribution in [2.75, 3.05) is 19.8 Å². The number of rotatable bonds is 42. The number of carbonyl (C=O) groups is 1. The number of carbonyl (C=O) groups excluding carboxylic acids is 1. The summed E-state index contributed by atoms with van der Waals surface area (Å²) in [7, 11) is 0. The first kappa shape index (κ1) is 66.0. The molecule has 2 rings (SSSR count). The first-order valence-electron chi connectivity index (χ1n) is 28.0. The molecule has 2 aliphatic heterocycles. The Labute approximate surface area is 439 Å². The number of ether oxygens (including phenoxy) is 4. The van der Waals surface area contributed by atoms with Crippen molar-refractivity contribution in [3.05, 3.63) is 97.2 Å². The quantitative estimate of drug-likeness (QED) is 0.0206. The minimum Gasteiger partial charge on any atom is -0.394 e. The molecule has 0 saturated carbocycles. The Hall–Kier alpha value is -3.09. The van der Waals surface area contributed by atoms with Gasteiger partial charge in [0.1, 0.15) is 48.8 Å². The number of hydrogen-bond acceptors (Lipinski definition) is 13. The smallest absolute Gasteiger partial charge is 0.220 e. The number of unbranched alkanes of at least 4 members (excludes halogenated alkanes) is 15. The molecule has 0 aliphatic carbocycles. The Morgan fingerprint density at radius 3 is 1.51 bits per heavy atom. The van der Waals surface area contributed by atoms with Crippen LogP contribution < -0.4 is 5.32 Å². The number of hydrogen-bond donors (Lipinski definition) is 9. The van der Waals surface area contributed by atoms with Crippen LogP contribution in [0.2, 0.25) is 0 Å². The molecular weight excluding hydrogens is 931 g/mol. The molecule has 0 bridgehead atoms. The fourth-order valence-electron chi connectivity index (χ4n) is 8.47. The number of nitrogens with one attached hydrogen (secondary N) is 1. The Morgan fingerprint density at radius 1 is 0.507 bits per heavy atom. The van der Waals surface area contributed by atoms with Gasteiger partial charge in [0.15, 0.2) is 12.6 Å². The van der Waals surface area contributed by atoms with Crippen LogP contribution >= 0.6 is 0 Å². The summed E-state index contributed by atoms with van der Waals surface area (Å²) >= 11 is 0. The highest BCUT2D eigenvalue weighted by molar-refractivity contribution is 5.76. The minimum absolute atomic E-state index is 0.261. The number of amides is 1. The zero-order valence-corrected chi connectivity index (χ0v) is 44.6. The third kappa shape index (κ3) is 30.3. The fourth-order valence-corrected chi connectivity index (χ4v) is 8.47. The van der Waals surface area contributed by atoms with Crippen molar-refractivity contribution in [2.45, 2.75) is 248 Å². The van der Waals surface area contributed by atoms with Gasteiger partial charge in [-0.25, -0.2) is 0 Å². The van der Waals surface area contributed by atoms with E-state index in [4.69, 9.17) is 18.9 Å². The molecule has 0 radical (unpaired) electrons. The first-order valence-corrected chi connectivity index (χ1v) is 28.0. The van der Waals surface area contributed by atoms with E-state index in [0.29, 0.717) is 12.8 Å². The molecule has 73 heavy (non-hydrogen) atoms. The molecule has 1 amide bonds. The van der Waals surface area contributed by atoms with Crippen LogP contribution in [0.1, 0.15) is 174 Å². The Kier molecular flexibility index (Phi) is 39.9. The monoisotopic (exact) mass is 1030 g/mol. The van der Waals surface area contributed by atoms with E-state index < -0.39 is 86.8 Å². The summed E-state index contributed by atoms with van der Waals surface area (Å²) in [6.45, 7) is 2.55. The Morgan fingerprint density at radius 2 is 0.959 bits per heavy atom. The van der Waals surface area contributed by atoms with E-state index in [-0.39, 0.29) is 18.9 Å². The highest BCUT2D eigenvalue weighted by Gasteiger charge is 2.51. The van der Waals surface area contributed by atoms with Crippen LogP contribution in [0.5, 0.6) is 0 Å². The van der Waals surface area contributed by atoms with Gasteiger partial charge >= 0.3 is 0 Å². The van der Waals surface area contributed by atoms with Gasteiger partial charge < -0.3 is 65.1 Å². The van der Waals surface area contributed by atoms with Gasteiger partial charge in [-0.2, -0.15) is 0 Å². The van der Waals surface area contributed by atoms with Gasteiger partial charge in [0, 0.05) is 6.42 Å². The molecule has 14 heteroatoms. The number of aliphatic hydroxyl groups excluding tert-OH is 8. The lowest BCUT2D eigenvalue weighted by atomic mass is 9.97. The van der Waals surface area contributed by atoms with Gasteiger partial charge in [0.2, 0.25) is 5.91 Å². The van der Waals surface area contributed by atoms with E-state index in [2.05, 4.69) is 104 Å². The molecule has 0 aromatic heterocycles. The molecule has 12 unspecified atom stereocenters. The van der Waals surface area contributed by atoms with Crippen LogP contribution in [0.15, 0.2) is 97.2 Å². The largest absolute Gasteiger partial charge is 0.394 e. The standard InChI is InChI=1S/C59H99NO13/c1-3-5-7-9-11-13-14-15-16-17-18-19-20-21-22-23-24-25-26-27-28-29-30-31-32-33-34-35-37-39-41-43-51(64)60-47(48(63)42-40-38-36-12-10-8-6-4-2)46-70-58-56(69)54(67)57(50(45-62)72-58)73-59-55(68)53(66)52(65)49(44-61)71-59/h5,7,10-13,15-16,18-19,21-22,24-25,40,42,47-50,52-59,61-63,65-69H,3-4,6,8-9,14,17,20,23,26-39,41,43-46H2,1-2H3,(H,60,64)/b7-5-,12-10+,13-11-,16-15-,19-18-,22-21-,25-24-,42-40+. The molecule has 418 valence electrons. The highest BCUT2D eigenvalue weighted by Crippen LogP contribution is 2.30. The summed E-state index contributed by atoms with van der Waals surface area (Å²) in [5.41, 5.74) is 0. The molecule has 0 aromatic carbocycles. The van der Waals surface area contributed by atoms with Crippen LogP contribution in [0.4, 0.5) is 0 Å². The summed E-state index contributed by atoms with van der Waals surface area (Å²) in [6.07, 6.45) is 43.5. The van der Waals surface area contributed by atoms with E-state index >= 15 is 0 Å². The predicted octanol–water partition coefficient (Wildman–Crippen LogP) is 8.71. The fraction of sp³-hybridized carbons (Fsp3) is 0.712. The molecule has 2 saturated heterocycles. The SMILES string of the molecule is CC/C=C\C/C=C\C/C=C\C/C=C\C/C=C\C/C=C\CCCCCCCCCCCCCCC(=O)NC(COC1OC(CO)C(OC2OC(CO)C(O)C(O)C2O)C(O)C1O)C(O)/C=C/CC/C=C/CCCC. The maximum Gasteiger partial charge on any atom is 0.220 e. The molecule has 2 heterocycles. The maximum absolute atomic E-state index is 13.2. The number of allylic oxidation sites excluding steroid dienone is 15. The second kappa shape index (κ2) is 44.1. The van der Waals surface area contributed by atoms with Crippen LogP contribution in [0.3, 0.4) is 0 Å². The molecular formula is C59H99NO13. The average molecular weight is 1030 g/mol. The molecule has 9 N–H and O–H groups in total. The summed E-state index contributed by atoms with van der Waals surface area (Å²) in [4.78, 5) is 13.2. The Balaban J connectivity index is 1.65. The van der Waals surface area contributed by atoms with Crippen molar-refractivity contribution in [1.29, 1.82) is 0 Å². The second-order valence-electron chi connectivity index (χ2n) is 19.3. The molecule has 2 fully saturated rings. The average Bonchev–Trinajstić information content (AvgIpc) is 3.39. The van der Waals surface area contributed by atoms with Crippen molar-refractivity contribution in [2.24, 2.45) is 0 Å². The van der Waals surface area contributed by atoms with Crippen molar-refractivity contribution >= 4 is 5.91 Å². The van der Waals surface area contributed by atoms with Gasteiger partial charge in [-0.3, -0.25) is 4.79 Å². The van der Waals surface area contributed by atoms with Crippen molar-refractivity contribution in [1.82, 2.24) is 5.32 Å². The van der Waals surface area contributed by atoms with E-state index in [1.54, 1.807) is 6.08 Å². The molecule has 14 nitrogen and oxygen atoms in total. The normalized spacial score (nSPS) is 26.2. The summed E-state index contributed by atoms with van der Waals surface area (Å²) in [6, 6.07) is -0.935. The van der Waals surface area contributed by atoms with E-state index in [1.807, 2.05) is 6.08 Å². The van der Waals surface area contributed by atoms with Gasteiger partial charge in [-0.15, -0.1) is 0 Å². The first-order chi connectivity index (χ1) is 35.6. The third-order valence-electron chi connectivity index (χ3n) is 13.0. The van der Waals surface area contributed by atoms with E-state index in [1.165, 1.54) is 51.4 Å². The van der Waals surface area contributed by atoms with Crippen molar-refractivity contribution < 1.29 is 64.6 Å². The van der Waals surface area contributed by atoms with Gasteiger partial charge in [-0.1, -0.05) is 188 Å².